The van der Waals surface area contributed by atoms with Gasteiger partial charge in [-0.05, 0) is 51.7 Å². The molecule has 2 aromatic heterocycles. The van der Waals surface area contributed by atoms with Gasteiger partial charge in [-0.25, -0.2) is 9.97 Å². The Labute approximate surface area is 226 Å². The Morgan fingerprint density at radius 2 is 2.00 bits per heavy atom. The third-order valence-electron chi connectivity index (χ3n) is 6.00. The summed E-state index contributed by atoms with van der Waals surface area (Å²) in [7, 11) is 1.74. The fourth-order valence-corrected chi connectivity index (χ4v) is 3.62. The zero-order chi connectivity index (χ0) is 28.2. The number of anilines is 2. The standard InChI is InChI=1S/C27H31N7O5/c1-17(15-35)38-20-9-19(25(36)31-22-7-8-33(4)32-22)10-21(11-20)39-24-13-29-23(12-30-24)34(14-18-5-6-18)26(37)27(2,3)16-28/h7-13,17-18,35H,5-6,14-15H2,1-4H3,(H,31,32,36)/t17-/m0/s1. The molecule has 0 spiro atoms. The molecule has 1 aliphatic rings. The Morgan fingerprint density at radius 1 is 1.26 bits per heavy atom. The van der Waals surface area contributed by atoms with E-state index in [9.17, 15) is 20.0 Å². The van der Waals surface area contributed by atoms with Gasteiger partial charge in [0.2, 0.25) is 11.8 Å². The number of hydrogen-bond donors (Lipinski definition) is 2. The third-order valence-corrected chi connectivity index (χ3v) is 6.00. The van der Waals surface area contributed by atoms with Crippen LogP contribution in [0.5, 0.6) is 17.4 Å². The van der Waals surface area contributed by atoms with E-state index in [1.165, 1.54) is 29.4 Å². The number of nitriles is 1. The van der Waals surface area contributed by atoms with Crippen molar-refractivity contribution in [3.8, 4) is 23.4 Å². The van der Waals surface area contributed by atoms with Gasteiger partial charge in [-0.2, -0.15) is 10.4 Å². The van der Waals surface area contributed by atoms with Gasteiger partial charge in [0, 0.05) is 37.5 Å². The molecule has 0 radical (unpaired) electrons. The second-order valence-corrected chi connectivity index (χ2v) is 10.0. The van der Waals surface area contributed by atoms with Gasteiger partial charge in [-0.1, -0.05) is 0 Å². The molecule has 2 heterocycles. The number of aryl methyl sites for hydroxylation is 1. The number of carbonyl (C=O) groups is 2. The van der Waals surface area contributed by atoms with Crippen molar-refractivity contribution in [1.82, 2.24) is 19.7 Å². The minimum absolute atomic E-state index is 0.126. The summed E-state index contributed by atoms with van der Waals surface area (Å²) in [4.78, 5) is 36.1. The lowest BCUT2D eigenvalue weighted by atomic mass is 9.93. The predicted octanol–water partition coefficient (Wildman–Crippen LogP) is 3.31. The number of amides is 2. The van der Waals surface area contributed by atoms with Crippen LogP contribution >= 0.6 is 0 Å². The number of ether oxygens (including phenoxy) is 2. The first-order chi connectivity index (χ1) is 18.6. The number of nitrogens with one attached hydrogen (secondary N) is 1. The summed E-state index contributed by atoms with van der Waals surface area (Å²) in [5.74, 6) is 0.995. The van der Waals surface area contributed by atoms with Crippen molar-refractivity contribution in [1.29, 1.82) is 5.26 Å². The Balaban J connectivity index is 1.56. The first-order valence-electron chi connectivity index (χ1n) is 12.5. The van der Waals surface area contributed by atoms with E-state index in [-0.39, 0.29) is 29.7 Å². The maximum atomic E-state index is 13.0. The second-order valence-electron chi connectivity index (χ2n) is 10.0. The lowest BCUT2D eigenvalue weighted by Gasteiger charge is -2.27. The van der Waals surface area contributed by atoms with Crippen molar-refractivity contribution < 1.29 is 24.2 Å². The van der Waals surface area contributed by atoms with Crippen molar-refractivity contribution in [3.63, 3.8) is 0 Å². The molecule has 39 heavy (non-hydrogen) atoms. The summed E-state index contributed by atoms with van der Waals surface area (Å²) in [5.41, 5.74) is -0.966. The number of rotatable bonds is 11. The summed E-state index contributed by atoms with van der Waals surface area (Å²) < 4.78 is 13.2. The number of nitrogens with zero attached hydrogens (tertiary/aromatic N) is 6. The van der Waals surface area contributed by atoms with E-state index in [1.807, 2.05) is 0 Å². The van der Waals surface area contributed by atoms with Gasteiger partial charge in [0.05, 0.1) is 25.1 Å². The van der Waals surface area contributed by atoms with Crippen LogP contribution in [-0.2, 0) is 11.8 Å². The molecular weight excluding hydrogens is 502 g/mol. The van der Waals surface area contributed by atoms with E-state index < -0.39 is 17.4 Å². The minimum Gasteiger partial charge on any atom is -0.488 e. The molecule has 2 amide bonds. The molecule has 4 rings (SSSR count). The SMILES string of the molecule is C[C@@H](CO)Oc1cc(Oc2cnc(N(CC3CC3)C(=O)C(C)(C)C#N)cn2)cc(C(=O)Nc2ccn(C)n2)c1. The smallest absolute Gasteiger partial charge is 0.257 e. The molecule has 12 nitrogen and oxygen atoms in total. The number of carbonyl (C=O) groups excluding carboxylic acids is 2. The highest BCUT2D eigenvalue weighted by atomic mass is 16.5. The average Bonchev–Trinajstić information content (AvgIpc) is 3.65. The zero-order valence-corrected chi connectivity index (χ0v) is 22.3. The Hall–Kier alpha value is -4.50. The van der Waals surface area contributed by atoms with Gasteiger partial charge in [0.15, 0.2) is 11.6 Å². The van der Waals surface area contributed by atoms with Crippen LogP contribution in [0.15, 0.2) is 42.9 Å². The van der Waals surface area contributed by atoms with Gasteiger partial charge < -0.3 is 19.9 Å². The highest BCUT2D eigenvalue weighted by molar-refractivity contribution is 6.04. The molecule has 1 aliphatic carbocycles. The summed E-state index contributed by atoms with van der Waals surface area (Å²) in [5, 5.41) is 25.7. The fourth-order valence-electron chi connectivity index (χ4n) is 3.62. The minimum atomic E-state index is -1.20. The van der Waals surface area contributed by atoms with Crippen LogP contribution in [-0.4, -0.2) is 55.9 Å². The Bertz CT molecular complexity index is 1380. The molecule has 2 N–H and O–H groups in total. The number of benzene rings is 1. The molecule has 204 valence electrons. The number of aromatic nitrogens is 4. The van der Waals surface area contributed by atoms with Crippen LogP contribution in [0.2, 0.25) is 0 Å². The van der Waals surface area contributed by atoms with E-state index in [0.29, 0.717) is 29.8 Å². The van der Waals surface area contributed by atoms with Crippen LogP contribution < -0.4 is 19.7 Å². The van der Waals surface area contributed by atoms with Crippen LogP contribution in [0, 0.1) is 22.7 Å². The van der Waals surface area contributed by atoms with E-state index in [1.54, 1.807) is 50.8 Å². The van der Waals surface area contributed by atoms with Crippen molar-refractivity contribution in [2.24, 2.45) is 18.4 Å². The molecule has 12 heteroatoms. The Kier molecular flexibility index (Phi) is 8.11. The topological polar surface area (TPSA) is 155 Å². The zero-order valence-electron chi connectivity index (χ0n) is 22.3. The predicted molar refractivity (Wildman–Crippen MR) is 141 cm³/mol. The number of aliphatic hydroxyl groups is 1. The summed E-state index contributed by atoms with van der Waals surface area (Å²) >= 11 is 0. The molecule has 0 bridgehead atoms. The molecule has 1 saturated carbocycles. The normalized spacial score (nSPS) is 13.7. The highest BCUT2D eigenvalue weighted by Crippen LogP contribution is 2.33. The van der Waals surface area contributed by atoms with Crippen LogP contribution in [0.1, 0.15) is 44.0 Å². The van der Waals surface area contributed by atoms with Crippen molar-refractivity contribution in [2.75, 3.05) is 23.4 Å². The van der Waals surface area contributed by atoms with E-state index in [0.717, 1.165) is 12.8 Å². The van der Waals surface area contributed by atoms with Crippen LogP contribution in [0.4, 0.5) is 11.6 Å². The van der Waals surface area contributed by atoms with Gasteiger partial charge in [-0.15, -0.1) is 0 Å². The monoisotopic (exact) mass is 533 g/mol. The highest BCUT2D eigenvalue weighted by Gasteiger charge is 2.36. The van der Waals surface area contributed by atoms with Crippen molar-refractivity contribution in [3.05, 3.63) is 48.4 Å². The largest absolute Gasteiger partial charge is 0.488 e. The molecule has 0 saturated heterocycles. The van der Waals surface area contributed by atoms with Gasteiger partial charge in [-0.3, -0.25) is 19.2 Å². The Morgan fingerprint density at radius 3 is 2.59 bits per heavy atom. The summed E-state index contributed by atoms with van der Waals surface area (Å²) in [6.07, 6.45) is 6.03. The van der Waals surface area contributed by atoms with Crippen LogP contribution in [0.3, 0.4) is 0 Å². The van der Waals surface area contributed by atoms with E-state index >= 15 is 0 Å². The first kappa shape index (κ1) is 27.5. The molecule has 0 aliphatic heterocycles. The molecular formula is C27H31N7O5. The molecule has 1 aromatic carbocycles. The lowest BCUT2D eigenvalue weighted by molar-refractivity contribution is -0.124. The summed E-state index contributed by atoms with van der Waals surface area (Å²) in [6.45, 7) is 5.10. The van der Waals surface area contributed by atoms with Crippen LogP contribution in [0.25, 0.3) is 0 Å². The molecule has 1 fully saturated rings. The fraction of sp³-hybridized carbons (Fsp3) is 0.407. The average molecular weight is 534 g/mol. The third kappa shape index (κ3) is 7.08. The second kappa shape index (κ2) is 11.5. The van der Waals surface area contributed by atoms with E-state index in [2.05, 4.69) is 26.5 Å². The van der Waals surface area contributed by atoms with Gasteiger partial charge in [0.25, 0.3) is 5.91 Å². The molecule has 0 unspecified atom stereocenters. The molecule has 1 atom stereocenters. The van der Waals surface area contributed by atoms with Gasteiger partial charge in [0.1, 0.15) is 23.0 Å². The number of hydrogen-bond acceptors (Lipinski definition) is 9. The van der Waals surface area contributed by atoms with Crippen molar-refractivity contribution in [2.45, 2.75) is 39.7 Å². The van der Waals surface area contributed by atoms with Crippen molar-refractivity contribution >= 4 is 23.5 Å². The maximum absolute atomic E-state index is 13.0. The quantitative estimate of drug-likeness (QED) is 0.377. The molecule has 3 aromatic rings. The summed E-state index contributed by atoms with van der Waals surface area (Å²) in [6, 6.07) is 8.33. The van der Waals surface area contributed by atoms with Gasteiger partial charge >= 0.3 is 0 Å². The number of aliphatic hydroxyl groups excluding tert-OH is 1. The maximum Gasteiger partial charge on any atom is 0.257 e. The lowest BCUT2D eigenvalue weighted by Crippen LogP contribution is -2.42. The first-order valence-corrected chi connectivity index (χ1v) is 12.5. The van der Waals surface area contributed by atoms with E-state index in [4.69, 9.17) is 9.47 Å².